The zero-order chi connectivity index (χ0) is 7.44. The van der Waals surface area contributed by atoms with Crippen molar-refractivity contribution in [3.05, 3.63) is 0 Å². The Hall–Kier alpha value is -0.640. The number of alkyl halides is 1. The van der Waals surface area contributed by atoms with E-state index in [9.17, 15) is 9.18 Å². The summed E-state index contributed by atoms with van der Waals surface area (Å²) in [7, 11) is 1.17. The van der Waals surface area contributed by atoms with Crippen molar-refractivity contribution in [1.29, 1.82) is 0 Å². The third-order valence-electron chi connectivity index (χ3n) is 0.968. The van der Waals surface area contributed by atoms with Crippen LogP contribution in [0.4, 0.5) is 4.39 Å². The highest BCUT2D eigenvalue weighted by Crippen LogP contribution is 1.95. The van der Waals surface area contributed by atoms with Gasteiger partial charge in [0.25, 0.3) is 0 Å². The Morgan fingerprint density at radius 1 is 1.78 bits per heavy atom. The van der Waals surface area contributed by atoms with Crippen LogP contribution in [0.25, 0.3) is 0 Å². The van der Waals surface area contributed by atoms with Gasteiger partial charge in [0.15, 0.2) is 0 Å². The van der Waals surface area contributed by atoms with E-state index in [2.05, 4.69) is 4.74 Å². The van der Waals surface area contributed by atoms with E-state index in [1.165, 1.54) is 14.0 Å². The number of methoxy groups -OCH3 is 1. The van der Waals surface area contributed by atoms with E-state index in [0.717, 1.165) is 0 Å². The van der Waals surface area contributed by atoms with E-state index in [4.69, 9.17) is 5.73 Å². The van der Waals surface area contributed by atoms with Crippen molar-refractivity contribution in [3.63, 3.8) is 0 Å². The molecule has 0 radical (unpaired) electrons. The Labute approximate surface area is 53.0 Å². The molecule has 2 N–H and O–H groups in total. The lowest BCUT2D eigenvalue weighted by molar-refractivity contribution is -0.143. The van der Waals surface area contributed by atoms with Crippen molar-refractivity contribution in [3.8, 4) is 0 Å². The first kappa shape index (κ1) is 8.36. The second kappa shape index (κ2) is 3.40. The van der Waals surface area contributed by atoms with Crippen molar-refractivity contribution in [2.24, 2.45) is 5.73 Å². The van der Waals surface area contributed by atoms with Gasteiger partial charge in [-0.3, -0.25) is 4.79 Å². The minimum absolute atomic E-state index is 0.718. The van der Waals surface area contributed by atoms with Crippen molar-refractivity contribution >= 4 is 5.97 Å². The average molecular weight is 135 g/mol. The highest BCUT2D eigenvalue weighted by Gasteiger charge is 2.20. The first-order valence-electron chi connectivity index (χ1n) is 2.57. The molecular weight excluding hydrogens is 125 g/mol. The van der Waals surface area contributed by atoms with Crippen LogP contribution < -0.4 is 5.73 Å². The SMILES string of the molecule is COC(=O)C(N)C(C)F. The van der Waals surface area contributed by atoms with Crippen LogP contribution >= 0.6 is 0 Å². The second-order valence-electron chi connectivity index (χ2n) is 1.73. The first-order chi connectivity index (χ1) is 4.09. The van der Waals surface area contributed by atoms with Crippen LogP contribution in [0.1, 0.15) is 6.92 Å². The van der Waals surface area contributed by atoms with Crippen LogP contribution in [0.15, 0.2) is 0 Å². The van der Waals surface area contributed by atoms with E-state index in [0.29, 0.717) is 0 Å². The maximum Gasteiger partial charge on any atom is 0.325 e. The highest BCUT2D eigenvalue weighted by atomic mass is 19.1. The van der Waals surface area contributed by atoms with E-state index < -0.39 is 18.2 Å². The third kappa shape index (κ3) is 2.41. The van der Waals surface area contributed by atoms with Crippen LogP contribution in [-0.4, -0.2) is 25.3 Å². The van der Waals surface area contributed by atoms with Crippen LogP contribution in [-0.2, 0) is 9.53 Å². The van der Waals surface area contributed by atoms with Gasteiger partial charge in [0, 0.05) is 0 Å². The zero-order valence-corrected chi connectivity index (χ0v) is 5.43. The van der Waals surface area contributed by atoms with Crippen LogP contribution in [0.3, 0.4) is 0 Å². The van der Waals surface area contributed by atoms with Crippen molar-refractivity contribution in [2.75, 3.05) is 7.11 Å². The molecule has 0 aromatic heterocycles. The summed E-state index contributed by atoms with van der Waals surface area (Å²) >= 11 is 0. The summed E-state index contributed by atoms with van der Waals surface area (Å²) in [6.45, 7) is 1.21. The van der Waals surface area contributed by atoms with Gasteiger partial charge in [-0.25, -0.2) is 4.39 Å². The first-order valence-corrected chi connectivity index (χ1v) is 2.57. The molecule has 2 unspecified atom stereocenters. The molecule has 0 saturated heterocycles. The number of rotatable bonds is 2. The minimum Gasteiger partial charge on any atom is -0.468 e. The molecule has 0 aromatic rings. The lowest BCUT2D eigenvalue weighted by Crippen LogP contribution is -2.38. The summed E-state index contributed by atoms with van der Waals surface area (Å²) in [5, 5.41) is 0. The predicted octanol–water partition coefficient (Wildman–Crippen LogP) is -0.155. The molecule has 0 saturated carbocycles. The van der Waals surface area contributed by atoms with Gasteiger partial charge in [-0.15, -0.1) is 0 Å². The van der Waals surface area contributed by atoms with Crippen molar-refractivity contribution < 1.29 is 13.9 Å². The fourth-order valence-corrected chi connectivity index (χ4v) is 0.324. The molecule has 0 rings (SSSR count). The Morgan fingerprint density at radius 3 is 2.33 bits per heavy atom. The number of halogens is 1. The fraction of sp³-hybridized carbons (Fsp3) is 0.800. The minimum atomic E-state index is -1.35. The van der Waals surface area contributed by atoms with Gasteiger partial charge in [0.2, 0.25) is 0 Å². The number of nitrogens with two attached hydrogens (primary N) is 1. The van der Waals surface area contributed by atoms with Gasteiger partial charge in [-0.05, 0) is 6.92 Å². The quantitative estimate of drug-likeness (QED) is 0.535. The number of hydrogen-bond acceptors (Lipinski definition) is 3. The molecule has 2 atom stereocenters. The van der Waals surface area contributed by atoms with E-state index in [1.807, 2.05) is 0 Å². The van der Waals surface area contributed by atoms with Gasteiger partial charge in [-0.1, -0.05) is 0 Å². The monoisotopic (exact) mass is 135 g/mol. The molecule has 0 aliphatic rings. The summed E-state index contributed by atoms with van der Waals surface area (Å²) in [6, 6.07) is -1.14. The van der Waals surface area contributed by atoms with Gasteiger partial charge in [-0.2, -0.15) is 0 Å². The molecular formula is C5H10FNO2. The molecule has 3 nitrogen and oxygen atoms in total. The van der Waals surface area contributed by atoms with Crippen LogP contribution in [0.2, 0.25) is 0 Å². The van der Waals surface area contributed by atoms with Crippen LogP contribution in [0.5, 0.6) is 0 Å². The van der Waals surface area contributed by atoms with Gasteiger partial charge >= 0.3 is 5.97 Å². The average Bonchev–Trinajstić information content (AvgIpc) is 1.84. The van der Waals surface area contributed by atoms with E-state index >= 15 is 0 Å². The Bertz CT molecular complexity index is 105. The summed E-state index contributed by atoms with van der Waals surface area (Å²) < 4.78 is 16.3. The number of esters is 1. The largest absolute Gasteiger partial charge is 0.468 e. The summed E-state index contributed by atoms with van der Waals surface area (Å²) in [5.74, 6) is -0.718. The van der Waals surface area contributed by atoms with Crippen molar-refractivity contribution in [1.82, 2.24) is 0 Å². The van der Waals surface area contributed by atoms with E-state index in [-0.39, 0.29) is 0 Å². The topological polar surface area (TPSA) is 52.3 Å². The molecule has 0 amide bonds. The number of hydrogen-bond donors (Lipinski definition) is 1. The Morgan fingerprint density at radius 2 is 2.22 bits per heavy atom. The summed E-state index contributed by atoms with van der Waals surface area (Å²) in [4.78, 5) is 10.4. The molecule has 0 fully saturated rings. The van der Waals surface area contributed by atoms with Gasteiger partial charge in [0.1, 0.15) is 12.2 Å². The van der Waals surface area contributed by atoms with E-state index in [1.54, 1.807) is 0 Å². The molecule has 0 spiro atoms. The second-order valence-corrected chi connectivity index (χ2v) is 1.73. The molecule has 0 aliphatic carbocycles. The summed E-state index contributed by atoms with van der Waals surface area (Å²) in [5.41, 5.74) is 5.02. The van der Waals surface area contributed by atoms with Crippen molar-refractivity contribution in [2.45, 2.75) is 19.1 Å². The smallest absolute Gasteiger partial charge is 0.325 e. The van der Waals surface area contributed by atoms with Crippen LogP contribution in [0, 0.1) is 0 Å². The lowest BCUT2D eigenvalue weighted by Gasteiger charge is -2.08. The molecule has 9 heavy (non-hydrogen) atoms. The molecule has 0 aromatic carbocycles. The maximum atomic E-state index is 12.1. The molecule has 4 heteroatoms. The lowest BCUT2D eigenvalue weighted by atomic mass is 10.2. The normalized spacial score (nSPS) is 16.4. The molecule has 0 bridgehead atoms. The standard InChI is InChI=1S/C5H10FNO2/c1-3(6)4(7)5(8)9-2/h3-4H,7H2,1-2H3. The number of carbonyl (C=O) groups is 1. The van der Waals surface area contributed by atoms with Gasteiger partial charge in [0.05, 0.1) is 7.11 Å². The highest BCUT2D eigenvalue weighted by molar-refractivity contribution is 5.75. The predicted molar refractivity (Wildman–Crippen MR) is 30.6 cm³/mol. The molecule has 0 aliphatic heterocycles. The molecule has 54 valence electrons. The Kier molecular flexibility index (Phi) is 3.16. The Balaban J connectivity index is 3.72. The number of carbonyl (C=O) groups excluding carboxylic acids is 1. The number of ether oxygens (including phenoxy) is 1. The summed E-state index contributed by atoms with van der Waals surface area (Å²) in [6.07, 6.45) is -1.35. The fourth-order valence-electron chi connectivity index (χ4n) is 0.324. The van der Waals surface area contributed by atoms with Gasteiger partial charge < -0.3 is 10.5 Å². The maximum absolute atomic E-state index is 12.1. The molecule has 0 heterocycles. The zero-order valence-electron chi connectivity index (χ0n) is 5.43. The third-order valence-corrected chi connectivity index (χ3v) is 0.968.